The van der Waals surface area contributed by atoms with Crippen molar-refractivity contribution in [3.05, 3.63) is 23.9 Å². The number of rotatable bonds is 3. The van der Waals surface area contributed by atoms with Crippen molar-refractivity contribution in [2.45, 2.75) is 6.42 Å². The Morgan fingerprint density at radius 3 is 2.27 bits per heavy atom. The fourth-order valence-corrected chi connectivity index (χ4v) is 5.07. The predicted octanol–water partition coefficient (Wildman–Crippen LogP) is -0.133. The smallest absolute Gasteiger partial charge is 0.255 e. The summed E-state index contributed by atoms with van der Waals surface area (Å²) in [4.78, 5) is 34.6. The highest BCUT2D eigenvalue weighted by Gasteiger charge is 2.36. The average molecular weight is 380 g/mol. The zero-order chi connectivity index (χ0) is 18.9. The molecule has 0 aromatic carbocycles. The second-order valence-corrected chi connectivity index (χ2v) is 9.25. The quantitative estimate of drug-likeness (QED) is 0.725. The molecule has 0 unspecified atom stereocenters. The number of amides is 2. The number of carbonyl (C=O) groups is 2. The van der Waals surface area contributed by atoms with Gasteiger partial charge in [0.05, 0.1) is 23.0 Å². The highest BCUT2D eigenvalue weighted by Crippen LogP contribution is 2.21. The van der Waals surface area contributed by atoms with E-state index in [-0.39, 0.29) is 23.3 Å². The SMILES string of the molecule is CN(C)c1ccc(C(=O)N2CCN(C(=O)[C@H]3CCS(=O)(=O)C3)CC2)cn1. The number of sulfone groups is 1. The van der Waals surface area contributed by atoms with Crippen LogP contribution >= 0.6 is 0 Å². The Morgan fingerprint density at radius 2 is 1.77 bits per heavy atom. The third-order valence-electron chi connectivity index (χ3n) is 4.91. The second-order valence-electron chi connectivity index (χ2n) is 7.02. The molecule has 1 atom stereocenters. The fraction of sp³-hybridized carbons (Fsp3) is 0.588. The molecular formula is C17H24N4O4S. The standard InChI is InChI=1S/C17H24N4O4S/c1-19(2)15-4-3-13(11-18-15)16(22)20-6-8-21(9-7-20)17(23)14-5-10-26(24,25)12-14/h3-4,11,14H,5-10,12H2,1-2H3/t14-/m0/s1. The van der Waals surface area contributed by atoms with Crippen molar-refractivity contribution in [1.82, 2.24) is 14.8 Å². The Balaban J connectivity index is 1.56. The highest BCUT2D eigenvalue weighted by molar-refractivity contribution is 7.91. The number of anilines is 1. The van der Waals surface area contributed by atoms with Crippen LogP contribution in [0.1, 0.15) is 16.8 Å². The van der Waals surface area contributed by atoms with Gasteiger partial charge in [0.15, 0.2) is 9.84 Å². The molecule has 0 bridgehead atoms. The number of aromatic nitrogens is 1. The van der Waals surface area contributed by atoms with E-state index in [0.717, 1.165) is 5.82 Å². The number of hydrogen-bond acceptors (Lipinski definition) is 6. The van der Waals surface area contributed by atoms with Gasteiger partial charge in [0.1, 0.15) is 5.82 Å². The third kappa shape index (κ3) is 3.98. The lowest BCUT2D eigenvalue weighted by Crippen LogP contribution is -2.52. The van der Waals surface area contributed by atoms with Crippen molar-refractivity contribution >= 4 is 27.5 Å². The summed E-state index contributed by atoms with van der Waals surface area (Å²) in [6.45, 7) is 1.76. The Labute approximate surface area is 153 Å². The van der Waals surface area contributed by atoms with E-state index in [2.05, 4.69) is 4.98 Å². The second kappa shape index (κ2) is 7.22. The van der Waals surface area contributed by atoms with Crippen molar-refractivity contribution in [3.63, 3.8) is 0 Å². The molecule has 2 aliphatic rings. The number of nitrogens with zero attached hydrogens (tertiary/aromatic N) is 4. The van der Waals surface area contributed by atoms with E-state index in [0.29, 0.717) is 38.2 Å². The molecule has 2 fully saturated rings. The van der Waals surface area contributed by atoms with Gasteiger partial charge >= 0.3 is 0 Å². The van der Waals surface area contributed by atoms with Gasteiger partial charge in [0.25, 0.3) is 5.91 Å². The van der Waals surface area contributed by atoms with Gasteiger partial charge in [-0.15, -0.1) is 0 Å². The van der Waals surface area contributed by atoms with Crippen molar-refractivity contribution in [2.75, 3.05) is 56.7 Å². The molecule has 0 N–H and O–H groups in total. The van der Waals surface area contributed by atoms with Crippen molar-refractivity contribution in [2.24, 2.45) is 5.92 Å². The Kier molecular flexibility index (Phi) is 5.17. The molecule has 2 amide bonds. The molecule has 1 aromatic heterocycles. The molecule has 1 aromatic rings. The number of hydrogen-bond donors (Lipinski definition) is 0. The third-order valence-corrected chi connectivity index (χ3v) is 6.68. The van der Waals surface area contributed by atoms with Gasteiger partial charge < -0.3 is 14.7 Å². The van der Waals surface area contributed by atoms with E-state index >= 15 is 0 Å². The van der Waals surface area contributed by atoms with Gasteiger partial charge in [-0.3, -0.25) is 9.59 Å². The van der Waals surface area contributed by atoms with Gasteiger partial charge in [0, 0.05) is 46.5 Å². The van der Waals surface area contributed by atoms with E-state index in [1.165, 1.54) is 0 Å². The number of carbonyl (C=O) groups excluding carboxylic acids is 2. The van der Waals surface area contributed by atoms with Gasteiger partial charge in [-0.05, 0) is 18.6 Å². The molecular weight excluding hydrogens is 356 g/mol. The first-order valence-corrected chi connectivity index (χ1v) is 10.5. The first-order valence-electron chi connectivity index (χ1n) is 8.69. The average Bonchev–Trinajstić information content (AvgIpc) is 3.00. The molecule has 3 heterocycles. The minimum Gasteiger partial charge on any atom is -0.363 e. The molecule has 0 aliphatic carbocycles. The Hall–Kier alpha value is -2.16. The van der Waals surface area contributed by atoms with Gasteiger partial charge in [-0.1, -0.05) is 0 Å². The molecule has 26 heavy (non-hydrogen) atoms. The van der Waals surface area contributed by atoms with E-state index in [1.807, 2.05) is 19.0 Å². The van der Waals surface area contributed by atoms with Crippen LogP contribution in [-0.4, -0.2) is 86.8 Å². The Morgan fingerprint density at radius 1 is 1.12 bits per heavy atom. The summed E-state index contributed by atoms with van der Waals surface area (Å²) in [6, 6.07) is 3.55. The zero-order valence-corrected chi connectivity index (χ0v) is 15.9. The van der Waals surface area contributed by atoms with Crippen molar-refractivity contribution < 1.29 is 18.0 Å². The minimum absolute atomic E-state index is 0.0468. The van der Waals surface area contributed by atoms with Crippen molar-refractivity contribution in [3.8, 4) is 0 Å². The van der Waals surface area contributed by atoms with Crippen LogP contribution in [0.3, 0.4) is 0 Å². The molecule has 142 valence electrons. The van der Waals surface area contributed by atoms with E-state index < -0.39 is 15.8 Å². The summed E-state index contributed by atoms with van der Waals surface area (Å²) >= 11 is 0. The van der Waals surface area contributed by atoms with Crippen LogP contribution in [0.2, 0.25) is 0 Å². The molecule has 2 aliphatic heterocycles. The zero-order valence-electron chi connectivity index (χ0n) is 15.1. The summed E-state index contributed by atoms with van der Waals surface area (Å²) in [7, 11) is 0.698. The molecule has 9 heteroatoms. The minimum atomic E-state index is -3.07. The maximum atomic E-state index is 12.6. The first-order chi connectivity index (χ1) is 12.3. The summed E-state index contributed by atoms with van der Waals surface area (Å²) in [5.74, 6) is 0.203. The van der Waals surface area contributed by atoms with Crippen LogP contribution < -0.4 is 4.90 Å². The van der Waals surface area contributed by atoms with Crippen LogP contribution in [0.4, 0.5) is 5.82 Å². The van der Waals surface area contributed by atoms with Gasteiger partial charge in [-0.2, -0.15) is 0 Å². The van der Waals surface area contributed by atoms with E-state index in [1.54, 1.807) is 28.1 Å². The molecule has 8 nitrogen and oxygen atoms in total. The lowest BCUT2D eigenvalue weighted by Gasteiger charge is -2.35. The molecule has 0 spiro atoms. The summed E-state index contributed by atoms with van der Waals surface area (Å²) < 4.78 is 23.1. The van der Waals surface area contributed by atoms with Crippen LogP contribution in [-0.2, 0) is 14.6 Å². The van der Waals surface area contributed by atoms with Crippen LogP contribution in [0, 0.1) is 5.92 Å². The van der Waals surface area contributed by atoms with Gasteiger partial charge in [0.2, 0.25) is 5.91 Å². The van der Waals surface area contributed by atoms with Gasteiger partial charge in [-0.25, -0.2) is 13.4 Å². The topological polar surface area (TPSA) is 90.9 Å². The largest absolute Gasteiger partial charge is 0.363 e. The van der Waals surface area contributed by atoms with Crippen molar-refractivity contribution in [1.29, 1.82) is 0 Å². The molecule has 0 saturated carbocycles. The molecule has 0 radical (unpaired) electrons. The van der Waals surface area contributed by atoms with E-state index in [9.17, 15) is 18.0 Å². The monoisotopic (exact) mass is 380 g/mol. The van der Waals surface area contributed by atoms with Crippen LogP contribution in [0.25, 0.3) is 0 Å². The maximum Gasteiger partial charge on any atom is 0.255 e. The fourth-order valence-electron chi connectivity index (χ4n) is 3.34. The highest BCUT2D eigenvalue weighted by atomic mass is 32.2. The summed E-state index contributed by atoms with van der Waals surface area (Å²) in [6.07, 6.45) is 1.97. The number of pyridine rings is 1. The lowest BCUT2D eigenvalue weighted by atomic mass is 10.1. The first kappa shape index (κ1) is 18.6. The molecule has 2 saturated heterocycles. The van der Waals surface area contributed by atoms with Crippen LogP contribution in [0.5, 0.6) is 0 Å². The normalized spacial score (nSPS) is 22.3. The molecule has 3 rings (SSSR count). The summed E-state index contributed by atoms with van der Waals surface area (Å²) in [5, 5.41) is 0. The Bertz CT molecular complexity index is 783. The lowest BCUT2D eigenvalue weighted by molar-refractivity contribution is -0.136. The summed E-state index contributed by atoms with van der Waals surface area (Å²) in [5.41, 5.74) is 0.525. The predicted molar refractivity (Wildman–Crippen MR) is 97.8 cm³/mol. The van der Waals surface area contributed by atoms with E-state index in [4.69, 9.17) is 0 Å². The van der Waals surface area contributed by atoms with Crippen LogP contribution in [0.15, 0.2) is 18.3 Å². The maximum absolute atomic E-state index is 12.6. The number of piperazine rings is 1.